The van der Waals surface area contributed by atoms with Crippen molar-refractivity contribution in [3.8, 4) is 0 Å². The zero-order chi connectivity index (χ0) is 14.5. The lowest BCUT2D eigenvalue weighted by Gasteiger charge is -2.22. The van der Waals surface area contributed by atoms with Crippen LogP contribution in [-0.2, 0) is 11.8 Å². The van der Waals surface area contributed by atoms with E-state index in [2.05, 4.69) is 57.8 Å². The van der Waals surface area contributed by atoms with Gasteiger partial charge in [-0.25, -0.2) is 0 Å². The third kappa shape index (κ3) is 5.33. The quantitative estimate of drug-likeness (QED) is 0.853. The molecule has 0 heterocycles. The molecule has 0 fully saturated rings. The molecule has 19 heavy (non-hydrogen) atoms. The molecule has 0 atom stereocenters. The molecule has 2 heteroatoms. The predicted molar refractivity (Wildman–Crippen MR) is 84.8 cm³/mol. The van der Waals surface area contributed by atoms with Crippen molar-refractivity contribution in [2.24, 2.45) is 5.73 Å². The number of aryl methyl sites for hydroxylation is 1. The Morgan fingerprint density at radius 2 is 1.84 bits per heavy atom. The Morgan fingerprint density at radius 3 is 2.42 bits per heavy atom. The van der Waals surface area contributed by atoms with Gasteiger partial charge in [-0.05, 0) is 62.0 Å². The van der Waals surface area contributed by atoms with Gasteiger partial charge in [0.1, 0.15) is 0 Å². The molecular formula is C17H30N2. The highest BCUT2D eigenvalue weighted by molar-refractivity contribution is 5.34. The smallest absolute Gasteiger partial charge is 0.00189 e. The van der Waals surface area contributed by atoms with Crippen molar-refractivity contribution in [1.29, 1.82) is 0 Å². The summed E-state index contributed by atoms with van der Waals surface area (Å²) in [4.78, 5) is 2.37. The minimum Gasteiger partial charge on any atom is -0.330 e. The van der Waals surface area contributed by atoms with Crippen molar-refractivity contribution in [3.05, 3.63) is 34.9 Å². The average molecular weight is 262 g/mol. The summed E-state index contributed by atoms with van der Waals surface area (Å²) < 4.78 is 0. The largest absolute Gasteiger partial charge is 0.330 e. The Hall–Kier alpha value is -0.860. The van der Waals surface area contributed by atoms with Crippen LogP contribution in [0.5, 0.6) is 0 Å². The van der Waals surface area contributed by atoms with Crippen molar-refractivity contribution in [2.75, 3.05) is 26.7 Å². The maximum Gasteiger partial charge on any atom is 0.00189 e. The van der Waals surface area contributed by atoms with Gasteiger partial charge in [0.15, 0.2) is 0 Å². The highest BCUT2D eigenvalue weighted by atomic mass is 15.1. The van der Waals surface area contributed by atoms with Crippen LogP contribution in [0.2, 0.25) is 0 Å². The van der Waals surface area contributed by atoms with Gasteiger partial charge in [0.25, 0.3) is 0 Å². The van der Waals surface area contributed by atoms with Gasteiger partial charge in [-0.15, -0.1) is 0 Å². The maximum atomic E-state index is 5.55. The number of nitrogens with zero attached hydrogens (tertiary/aromatic N) is 1. The highest BCUT2D eigenvalue weighted by Gasteiger charge is 2.14. The van der Waals surface area contributed by atoms with E-state index in [1.807, 2.05) is 0 Å². The van der Waals surface area contributed by atoms with Crippen molar-refractivity contribution < 1.29 is 0 Å². The first kappa shape index (κ1) is 16.2. The van der Waals surface area contributed by atoms with Crippen molar-refractivity contribution >= 4 is 0 Å². The van der Waals surface area contributed by atoms with Gasteiger partial charge in [-0.2, -0.15) is 0 Å². The topological polar surface area (TPSA) is 29.3 Å². The Balaban J connectivity index is 2.67. The van der Waals surface area contributed by atoms with Crippen LogP contribution in [0.4, 0.5) is 0 Å². The second-order valence-electron chi connectivity index (χ2n) is 6.59. The van der Waals surface area contributed by atoms with E-state index in [9.17, 15) is 0 Å². The molecule has 1 rings (SSSR count). The van der Waals surface area contributed by atoms with Gasteiger partial charge in [-0.1, -0.05) is 39.0 Å². The molecule has 0 saturated carbocycles. The second-order valence-corrected chi connectivity index (χ2v) is 6.59. The number of benzene rings is 1. The molecule has 0 aliphatic carbocycles. The molecule has 0 amide bonds. The van der Waals surface area contributed by atoms with Gasteiger partial charge in [-0.3, -0.25) is 0 Å². The summed E-state index contributed by atoms with van der Waals surface area (Å²) in [6, 6.07) is 6.90. The van der Waals surface area contributed by atoms with Crippen LogP contribution in [-0.4, -0.2) is 31.6 Å². The standard InChI is InChI=1S/C17H30N2/c1-14-7-8-16(17(2,3)4)13-15(14)9-12-19(5)11-6-10-18/h7-8,13H,6,9-12,18H2,1-5H3. The lowest BCUT2D eigenvalue weighted by molar-refractivity contribution is 0.335. The Bertz CT molecular complexity index is 391. The molecule has 2 N–H and O–H groups in total. The number of nitrogens with two attached hydrogens (primary N) is 1. The summed E-state index contributed by atoms with van der Waals surface area (Å²) in [6.07, 6.45) is 2.20. The van der Waals surface area contributed by atoms with E-state index in [0.29, 0.717) is 0 Å². The molecule has 108 valence electrons. The van der Waals surface area contributed by atoms with Crippen LogP contribution in [0, 0.1) is 6.92 Å². The fourth-order valence-corrected chi connectivity index (χ4v) is 2.19. The van der Waals surface area contributed by atoms with E-state index < -0.39 is 0 Å². The molecule has 0 spiro atoms. The molecule has 0 saturated heterocycles. The summed E-state index contributed by atoms with van der Waals surface area (Å²) in [6.45, 7) is 12.0. The highest BCUT2D eigenvalue weighted by Crippen LogP contribution is 2.24. The van der Waals surface area contributed by atoms with E-state index in [0.717, 1.165) is 32.5 Å². The molecule has 0 bridgehead atoms. The first-order valence-electron chi connectivity index (χ1n) is 7.33. The average Bonchev–Trinajstić information content (AvgIpc) is 2.33. The van der Waals surface area contributed by atoms with Crippen LogP contribution < -0.4 is 5.73 Å². The molecule has 0 radical (unpaired) electrons. The summed E-state index contributed by atoms with van der Waals surface area (Å²) in [5.41, 5.74) is 10.1. The van der Waals surface area contributed by atoms with E-state index >= 15 is 0 Å². The van der Waals surface area contributed by atoms with Crippen LogP contribution in [0.25, 0.3) is 0 Å². The van der Waals surface area contributed by atoms with Crippen LogP contribution >= 0.6 is 0 Å². The summed E-state index contributed by atoms with van der Waals surface area (Å²) in [7, 11) is 2.18. The zero-order valence-corrected chi connectivity index (χ0v) is 13.3. The minimum atomic E-state index is 0.230. The molecule has 1 aromatic carbocycles. The van der Waals surface area contributed by atoms with Crippen molar-refractivity contribution in [3.63, 3.8) is 0 Å². The number of likely N-dealkylation sites (N-methyl/N-ethyl adjacent to an activating group) is 1. The second kappa shape index (κ2) is 7.06. The normalized spacial score (nSPS) is 12.2. The molecule has 0 aliphatic heterocycles. The Kier molecular flexibility index (Phi) is 6.02. The molecule has 1 aromatic rings. The first-order valence-corrected chi connectivity index (χ1v) is 7.33. The fraction of sp³-hybridized carbons (Fsp3) is 0.647. The van der Waals surface area contributed by atoms with E-state index in [4.69, 9.17) is 5.73 Å². The Morgan fingerprint density at radius 1 is 1.16 bits per heavy atom. The van der Waals surface area contributed by atoms with Gasteiger partial charge in [0.2, 0.25) is 0 Å². The van der Waals surface area contributed by atoms with Gasteiger partial charge < -0.3 is 10.6 Å². The van der Waals surface area contributed by atoms with Crippen LogP contribution in [0.1, 0.15) is 43.9 Å². The third-order valence-corrected chi connectivity index (χ3v) is 3.72. The molecule has 2 nitrogen and oxygen atoms in total. The van der Waals surface area contributed by atoms with E-state index in [-0.39, 0.29) is 5.41 Å². The first-order chi connectivity index (χ1) is 8.84. The minimum absolute atomic E-state index is 0.230. The van der Waals surface area contributed by atoms with Gasteiger partial charge >= 0.3 is 0 Å². The van der Waals surface area contributed by atoms with E-state index in [1.165, 1.54) is 16.7 Å². The molecule has 0 unspecified atom stereocenters. The van der Waals surface area contributed by atoms with Gasteiger partial charge in [0.05, 0.1) is 0 Å². The molecule has 0 aromatic heterocycles. The SMILES string of the molecule is Cc1ccc(C(C)(C)C)cc1CCN(C)CCCN. The number of rotatable bonds is 6. The fourth-order valence-electron chi connectivity index (χ4n) is 2.19. The maximum absolute atomic E-state index is 5.55. The van der Waals surface area contributed by atoms with Crippen molar-refractivity contribution in [1.82, 2.24) is 4.90 Å². The molecular weight excluding hydrogens is 232 g/mol. The lowest BCUT2D eigenvalue weighted by Crippen LogP contribution is -2.24. The predicted octanol–water partition coefficient (Wildman–Crippen LogP) is 3.12. The summed E-state index contributed by atoms with van der Waals surface area (Å²) in [5, 5.41) is 0. The lowest BCUT2D eigenvalue weighted by atomic mass is 9.85. The van der Waals surface area contributed by atoms with Gasteiger partial charge in [0, 0.05) is 6.54 Å². The molecule has 0 aliphatic rings. The third-order valence-electron chi connectivity index (χ3n) is 3.72. The van der Waals surface area contributed by atoms with Crippen molar-refractivity contribution in [2.45, 2.75) is 46.0 Å². The number of hydrogen-bond acceptors (Lipinski definition) is 2. The van der Waals surface area contributed by atoms with Crippen LogP contribution in [0.3, 0.4) is 0 Å². The monoisotopic (exact) mass is 262 g/mol. The summed E-state index contributed by atoms with van der Waals surface area (Å²) in [5.74, 6) is 0. The van der Waals surface area contributed by atoms with E-state index in [1.54, 1.807) is 0 Å². The Labute approximate surface area is 119 Å². The zero-order valence-electron chi connectivity index (χ0n) is 13.3. The number of hydrogen-bond donors (Lipinski definition) is 1. The summed E-state index contributed by atoms with van der Waals surface area (Å²) >= 11 is 0. The van der Waals surface area contributed by atoms with Crippen LogP contribution in [0.15, 0.2) is 18.2 Å².